The molecule has 0 aliphatic carbocycles. The molecule has 1 aromatic rings. The van der Waals surface area contributed by atoms with Crippen molar-refractivity contribution in [3.63, 3.8) is 0 Å². The predicted octanol–water partition coefficient (Wildman–Crippen LogP) is 2.35. The quantitative estimate of drug-likeness (QED) is 0.659. The lowest BCUT2D eigenvalue weighted by Crippen LogP contribution is -2.63. The summed E-state index contributed by atoms with van der Waals surface area (Å²) in [5.41, 5.74) is -2.70. The molecule has 5 rings (SSSR count). The molecule has 10 heteroatoms. The highest BCUT2D eigenvalue weighted by molar-refractivity contribution is 6.22. The Hall–Kier alpha value is -3.14. The summed E-state index contributed by atoms with van der Waals surface area (Å²) in [6, 6.07) is 2.79. The lowest BCUT2D eigenvalue weighted by Gasteiger charge is -2.43. The number of piperazine rings is 1. The average molecular weight is 514 g/mol. The van der Waals surface area contributed by atoms with Gasteiger partial charge in [-0.2, -0.15) is 0 Å². The van der Waals surface area contributed by atoms with Gasteiger partial charge in [0, 0.05) is 12.6 Å². The smallest absolute Gasteiger partial charge is 0.421 e. The van der Waals surface area contributed by atoms with E-state index in [-0.39, 0.29) is 24.7 Å². The third kappa shape index (κ3) is 3.79. The van der Waals surface area contributed by atoms with E-state index in [2.05, 4.69) is 0 Å². The van der Waals surface area contributed by atoms with Crippen molar-refractivity contribution in [2.24, 2.45) is 0 Å². The van der Waals surface area contributed by atoms with E-state index in [0.29, 0.717) is 30.0 Å². The first kappa shape index (κ1) is 25.5. The van der Waals surface area contributed by atoms with Crippen molar-refractivity contribution in [2.45, 2.75) is 95.0 Å². The molecule has 10 nitrogen and oxygen atoms in total. The van der Waals surface area contributed by atoms with Crippen LogP contribution in [0, 0.1) is 0 Å². The number of benzene rings is 1. The van der Waals surface area contributed by atoms with Crippen LogP contribution in [0.15, 0.2) is 18.2 Å². The lowest BCUT2D eigenvalue weighted by molar-refractivity contribution is -0.160. The summed E-state index contributed by atoms with van der Waals surface area (Å²) in [7, 11) is 1.49. The highest BCUT2D eigenvalue weighted by Gasteiger charge is 2.69. The molecule has 0 aromatic heterocycles. The number of hydrogen-bond donors (Lipinski definition) is 1. The second kappa shape index (κ2) is 8.18. The average Bonchev–Trinajstić information content (AvgIpc) is 3.45. The number of amides is 4. The normalized spacial score (nSPS) is 29.1. The van der Waals surface area contributed by atoms with Gasteiger partial charge in [0.2, 0.25) is 17.7 Å². The van der Waals surface area contributed by atoms with Gasteiger partial charge >= 0.3 is 6.09 Å². The molecule has 4 aliphatic rings. The van der Waals surface area contributed by atoms with Crippen molar-refractivity contribution < 1.29 is 33.8 Å². The first-order valence-corrected chi connectivity index (χ1v) is 12.8. The van der Waals surface area contributed by atoms with E-state index in [4.69, 9.17) is 9.47 Å². The number of aliphatic hydroxyl groups is 1. The van der Waals surface area contributed by atoms with E-state index in [1.165, 1.54) is 12.0 Å². The minimum atomic E-state index is -1.41. The van der Waals surface area contributed by atoms with Crippen LogP contribution in [0.5, 0.6) is 5.75 Å². The van der Waals surface area contributed by atoms with Crippen molar-refractivity contribution in [1.82, 2.24) is 9.80 Å². The maximum atomic E-state index is 14.5. The summed E-state index contributed by atoms with van der Waals surface area (Å²) >= 11 is 0. The van der Waals surface area contributed by atoms with Crippen LogP contribution in [-0.4, -0.2) is 81.7 Å². The molecular formula is C27H35N3O7. The van der Waals surface area contributed by atoms with E-state index in [9.17, 15) is 24.3 Å². The van der Waals surface area contributed by atoms with Gasteiger partial charge < -0.3 is 24.4 Å². The summed E-state index contributed by atoms with van der Waals surface area (Å²) in [6.07, 6.45) is 0.557. The minimum absolute atomic E-state index is 0.0268. The van der Waals surface area contributed by atoms with Gasteiger partial charge in [-0.25, -0.2) is 9.69 Å². The SMILES string of the molecule is COc1ccc2c(c1)N(C(=O)OC(C)(C)C)C(=O)[C@@]21C[C@H]2C(=O)N3CCC[C@H]3C(=O)N2[C@H]1CC(C)(C)O. The minimum Gasteiger partial charge on any atom is -0.497 e. The number of imide groups is 1. The Morgan fingerprint density at radius 1 is 1.11 bits per heavy atom. The zero-order valence-electron chi connectivity index (χ0n) is 22.2. The van der Waals surface area contributed by atoms with Gasteiger partial charge in [-0.15, -0.1) is 0 Å². The van der Waals surface area contributed by atoms with Crippen molar-refractivity contribution in [3.8, 4) is 5.75 Å². The Balaban J connectivity index is 1.70. The number of rotatable bonds is 3. The van der Waals surface area contributed by atoms with E-state index >= 15 is 0 Å². The lowest BCUT2D eigenvalue weighted by atomic mass is 9.71. The van der Waals surface area contributed by atoms with Gasteiger partial charge in [0.1, 0.15) is 28.8 Å². The van der Waals surface area contributed by atoms with Crippen LogP contribution in [0.1, 0.15) is 65.9 Å². The van der Waals surface area contributed by atoms with Crippen LogP contribution in [0.3, 0.4) is 0 Å². The zero-order valence-corrected chi connectivity index (χ0v) is 22.2. The van der Waals surface area contributed by atoms with E-state index in [1.807, 2.05) is 0 Å². The number of hydrogen-bond acceptors (Lipinski definition) is 7. The first-order valence-electron chi connectivity index (χ1n) is 12.8. The number of carbonyl (C=O) groups excluding carboxylic acids is 4. The van der Waals surface area contributed by atoms with Crippen molar-refractivity contribution in [2.75, 3.05) is 18.6 Å². The van der Waals surface area contributed by atoms with Crippen LogP contribution in [0.25, 0.3) is 0 Å². The van der Waals surface area contributed by atoms with E-state index < -0.39 is 46.7 Å². The molecule has 1 spiro atoms. The molecular weight excluding hydrogens is 478 g/mol. The number of fused-ring (bicyclic) bond motifs is 4. The molecule has 4 atom stereocenters. The van der Waals surface area contributed by atoms with Crippen molar-refractivity contribution in [3.05, 3.63) is 23.8 Å². The molecule has 3 saturated heterocycles. The molecule has 4 amide bonds. The molecule has 4 heterocycles. The Kier molecular flexibility index (Phi) is 5.64. The molecule has 3 fully saturated rings. The van der Waals surface area contributed by atoms with Crippen LogP contribution >= 0.6 is 0 Å². The molecule has 0 saturated carbocycles. The number of methoxy groups -OCH3 is 1. The largest absolute Gasteiger partial charge is 0.497 e. The Labute approximate surface area is 216 Å². The second-order valence-corrected chi connectivity index (χ2v) is 12.2. The van der Waals surface area contributed by atoms with Gasteiger partial charge in [0.15, 0.2) is 0 Å². The monoisotopic (exact) mass is 513 g/mol. The fourth-order valence-corrected chi connectivity index (χ4v) is 6.54. The van der Waals surface area contributed by atoms with Crippen LogP contribution < -0.4 is 9.64 Å². The Morgan fingerprint density at radius 2 is 1.81 bits per heavy atom. The van der Waals surface area contributed by atoms with Crippen molar-refractivity contribution >= 4 is 29.5 Å². The molecule has 0 radical (unpaired) electrons. The fourth-order valence-electron chi connectivity index (χ4n) is 6.54. The molecule has 1 aromatic carbocycles. The second-order valence-electron chi connectivity index (χ2n) is 12.2. The Bertz CT molecular complexity index is 1180. The van der Waals surface area contributed by atoms with Crippen LogP contribution in [-0.2, 0) is 24.5 Å². The zero-order chi connectivity index (χ0) is 27.1. The maximum absolute atomic E-state index is 14.5. The van der Waals surface area contributed by atoms with Gasteiger partial charge in [-0.05, 0) is 71.9 Å². The van der Waals surface area contributed by atoms with Gasteiger partial charge in [0.25, 0.3) is 0 Å². The predicted molar refractivity (Wildman–Crippen MR) is 133 cm³/mol. The number of carbonyl (C=O) groups is 4. The summed E-state index contributed by atoms with van der Waals surface area (Å²) in [5.74, 6) is -0.501. The Morgan fingerprint density at radius 3 is 2.43 bits per heavy atom. The summed E-state index contributed by atoms with van der Waals surface area (Å²) < 4.78 is 11.0. The third-order valence-corrected chi connectivity index (χ3v) is 7.90. The van der Waals surface area contributed by atoms with Crippen molar-refractivity contribution in [1.29, 1.82) is 0 Å². The first-order chi connectivity index (χ1) is 17.2. The van der Waals surface area contributed by atoms with Gasteiger partial charge in [0.05, 0.1) is 24.4 Å². The highest BCUT2D eigenvalue weighted by Crippen LogP contribution is 2.56. The molecule has 1 N–H and O–H groups in total. The van der Waals surface area contributed by atoms with Crippen LogP contribution in [0.4, 0.5) is 10.5 Å². The standard InChI is InChI=1S/C27H35N3O7/c1-25(2,3)37-24(34)30-18-12-15(36-6)9-10-16(18)27(23(30)33)13-19-21(31)28-11-7-8-17(28)22(32)29(19)20(27)14-26(4,5)35/h9-10,12,17,19-20,35H,7-8,11,13-14H2,1-6H3/t17-,19-,20-,27-/m0/s1. The molecule has 0 unspecified atom stereocenters. The summed E-state index contributed by atoms with van der Waals surface area (Å²) in [5, 5.41) is 10.9. The highest BCUT2D eigenvalue weighted by atomic mass is 16.6. The summed E-state index contributed by atoms with van der Waals surface area (Å²) in [4.78, 5) is 59.5. The topological polar surface area (TPSA) is 117 Å². The molecule has 200 valence electrons. The van der Waals surface area contributed by atoms with Gasteiger partial charge in [-0.1, -0.05) is 6.07 Å². The maximum Gasteiger partial charge on any atom is 0.421 e. The summed E-state index contributed by atoms with van der Waals surface area (Å²) in [6.45, 7) is 8.88. The number of ether oxygens (including phenoxy) is 2. The molecule has 4 aliphatic heterocycles. The third-order valence-electron chi connectivity index (χ3n) is 7.90. The van der Waals surface area contributed by atoms with E-state index in [1.54, 1.807) is 57.7 Å². The van der Waals surface area contributed by atoms with E-state index in [0.717, 1.165) is 11.3 Å². The fraction of sp³-hybridized carbons (Fsp3) is 0.630. The van der Waals surface area contributed by atoms with Gasteiger partial charge in [-0.3, -0.25) is 14.4 Å². The number of nitrogens with zero attached hydrogens (tertiary/aromatic N) is 3. The van der Waals surface area contributed by atoms with Crippen LogP contribution in [0.2, 0.25) is 0 Å². The molecule has 37 heavy (non-hydrogen) atoms. The number of anilines is 1. The molecule has 0 bridgehead atoms.